The Morgan fingerprint density at radius 2 is 1.66 bits per heavy atom. The van der Waals surface area contributed by atoms with Crippen molar-refractivity contribution in [3.05, 3.63) is 47.8 Å². The first-order valence-corrected chi connectivity index (χ1v) is 9.14. The molecule has 0 saturated heterocycles. The van der Waals surface area contributed by atoms with E-state index >= 15 is 0 Å². The summed E-state index contributed by atoms with van der Waals surface area (Å²) in [5.74, 6) is -0.562. The van der Waals surface area contributed by atoms with Crippen molar-refractivity contribution < 1.29 is 32.9 Å². The fourth-order valence-corrected chi connectivity index (χ4v) is 2.51. The van der Waals surface area contributed by atoms with Gasteiger partial charge in [0.25, 0.3) is 5.91 Å². The van der Waals surface area contributed by atoms with E-state index in [0.717, 1.165) is 0 Å². The second kappa shape index (κ2) is 10.9. The Kier molecular flexibility index (Phi) is 8.27. The predicted octanol–water partition coefficient (Wildman–Crippen LogP) is 3.36. The van der Waals surface area contributed by atoms with Crippen LogP contribution in [0.1, 0.15) is 19.4 Å². The van der Waals surface area contributed by atoms with Crippen molar-refractivity contribution in [3.8, 4) is 17.2 Å². The van der Waals surface area contributed by atoms with E-state index in [0.29, 0.717) is 36.0 Å². The van der Waals surface area contributed by atoms with Gasteiger partial charge in [-0.05, 0) is 43.7 Å². The van der Waals surface area contributed by atoms with Gasteiger partial charge in [-0.15, -0.1) is 0 Å². The summed E-state index contributed by atoms with van der Waals surface area (Å²) in [7, 11) is 1.35. The van der Waals surface area contributed by atoms with Crippen LogP contribution in [0.2, 0.25) is 0 Å². The Morgan fingerprint density at radius 3 is 2.31 bits per heavy atom. The van der Waals surface area contributed by atoms with Gasteiger partial charge in [-0.2, -0.15) is 0 Å². The van der Waals surface area contributed by atoms with Crippen LogP contribution in [0.3, 0.4) is 0 Å². The molecule has 0 aliphatic carbocycles. The van der Waals surface area contributed by atoms with Crippen molar-refractivity contribution in [3.63, 3.8) is 0 Å². The van der Waals surface area contributed by atoms with Crippen molar-refractivity contribution in [2.75, 3.05) is 32.2 Å². The van der Waals surface area contributed by atoms with Crippen LogP contribution in [0.5, 0.6) is 17.2 Å². The molecule has 0 aromatic heterocycles. The van der Waals surface area contributed by atoms with Crippen molar-refractivity contribution in [2.24, 2.45) is 0 Å². The third-order valence-electron chi connectivity index (χ3n) is 3.76. The molecular formula is C21H24FNO6. The Balaban J connectivity index is 1.88. The summed E-state index contributed by atoms with van der Waals surface area (Å²) in [5, 5.41) is 2.63. The molecule has 0 aliphatic rings. The molecule has 0 aliphatic heterocycles. The maximum Gasteiger partial charge on any atom is 0.310 e. The number of carbonyl (C=O) groups is 2. The van der Waals surface area contributed by atoms with E-state index in [2.05, 4.69) is 5.32 Å². The molecule has 2 rings (SSSR count). The van der Waals surface area contributed by atoms with Gasteiger partial charge in [-0.3, -0.25) is 9.59 Å². The largest absolute Gasteiger partial charge is 0.494 e. The third-order valence-corrected chi connectivity index (χ3v) is 3.76. The molecule has 8 heteroatoms. The van der Waals surface area contributed by atoms with Gasteiger partial charge in [0, 0.05) is 11.8 Å². The summed E-state index contributed by atoms with van der Waals surface area (Å²) < 4.78 is 34.4. The van der Waals surface area contributed by atoms with E-state index in [1.165, 1.54) is 19.2 Å². The summed E-state index contributed by atoms with van der Waals surface area (Å²) in [4.78, 5) is 23.9. The van der Waals surface area contributed by atoms with Crippen LogP contribution in [0.4, 0.5) is 10.1 Å². The van der Waals surface area contributed by atoms with Gasteiger partial charge in [0.2, 0.25) is 0 Å². The van der Waals surface area contributed by atoms with E-state index in [1.807, 2.05) is 13.8 Å². The Hall–Kier alpha value is -3.29. The first-order valence-electron chi connectivity index (χ1n) is 9.14. The van der Waals surface area contributed by atoms with Crippen LogP contribution in [-0.4, -0.2) is 38.8 Å². The standard InChI is InChI=1S/C21H24FNO6/c1-4-27-18-9-7-15(12-19(18)28-5-2)23-20(24)13-29-21(25)11-14-6-8-17(26-3)16(22)10-14/h6-10,12H,4-5,11,13H2,1-3H3,(H,23,24). The molecule has 2 aromatic carbocycles. The minimum absolute atomic E-state index is 0.0864. The third kappa shape index (κ3) is 6.67. The van der Waals surface area contributed by atoms with Gasteiger partial charge in [-0.1, -0.05) is 6.07 Å². The second-order valence-corrected chi connectivity index (χ2v) is 5.88. The van der Waals surface area contributed by atoms with Crippen LogP contribution in [0.15, 0.2) is 36.4 Å². The molecule has 2 aromatic rings. The zero-order valence-corrected chi connectivity index (χ0v) is 16.6. The minimum Gasteiger partial charge on any atom is -0.494 e. The molecule has 0 saturated carbocycles. The Morgan fingerprint density at radius 1 is 0.966 bits per heavy atom. The van der Waals surface area contributed by atoms with E-state index < -0.39 is 24.3 Å². The zero-order valence-electron chi connectivity index (χ0n) is 16.6. The van der Waals surface area contributed by atoms with Gasteiger partial charge in [0.15, 0.2) is 29.7 Å². The molecule has 0 unspecified atom stereocenters. The van der Waals surface area contributed by atoms with Crippen LogP contribution in [-0.2, 0) is 20.7 Å². The number of benzene rings is 2. The highest BCUT2D eigenvalue weighted by molar-refractivity contribution is 5.93. The lowest BCUT2D eigenvalue weighted by Gasteiger charge is -2.13. The monoisotopic (exact) mass is 405 g/mol. The molecule has 0 spiro atoms. The fraction of sp³-hybridized carbons (Fsp3) is 0.333. The van der Waals surface area contributed by atoms with Crippen LogP contribution < -0.4 is 19.5 Å². The summed E-state index contributed by atoms with van der Waals surface area (Å²) >= 11 is 0. The first-order chi connectivity index (χ1) is 14.0. The number of anilines is 1. The summed E-state index contributed by atoms with van der Waals surface area (Å²) in [6.07, 6.45) is -0.161. The normalized spacial score (nSPS) is 10.2. The van der Waals surface area contributed by atoms with Gasteiger partial charge in [-0.25, -0.2) is 4.39 Å². The van der Waals surface area contributed by atoms with Crippen LogP contribution >= 0.6 is 0 Å². The number of nitrogens with one attached hydrogen (secondary N) is 1. The molecule has 0 heterocycles. The van der Waals surface area contributed by atoms with E-state index in [9.17, 15) is 14.0 Å². The number of hydrogen-bond acceptors (Lipinski definition) is 6. The molecule has 7 nitrogen and oxygen atoms in total. The van der Waals surface area contributed by atoms with Crippen molar-refractivity contribution >= 4 is 17.6 Å². The molecule has 1 amide bonds. The lowest BCUT2D eigenvalue weighted by Crippen LogP contribution is -2.21. The van der Waals surface area contributed by atoms with E-state index in [4.69, 9.17) is 18.9 Å². The number of esters is 1. The number of ether oxygens (including phenoxy) is 4. The zero-order chi connectivity index (χ0) is 21.2. The van der Waals surface area contributed by atoms with Gasteiger partial charge >= 0.3 is 5.97 Å². The quantitative estimate of drug-likeness (QED) is 0.611. The number of methoxy groups -OCH3 is 1. The molecule has 29 heavy (non-hydrogen) atoms. The second-order valence-electron chi connectivity index (χ2n) is 5.88. The number of rotatable bonds is 10. The molecule has 0 fully saturated rings. The van der Waals surface area contributed by atoms with Crippen molar-refractivity contribution in [1.82, 2.24) is 0 Å². The average Bonchev–Trinajstić information content (AvgIpc) is 2.69. The SMILES string of the molecule is CCOc1ccc(NC(=O)COC(=O)Cc2ccc(OC)c(F)c2)cc1OCC. The molecule has 0 bridgehead atoms. The van der Waals surface area contributed by atoms with Crippen molar-refractivity contribution in [1.29, 1.82) is 0 Å². The number of carbonyl (C=O) groups excluding carboxylic acids is 2. The molecule has 156 valence electrons. The smallest absolute Gasteiger partial charge is 0.310 e. The minimum atomic E-state index is -0.647. The van der Waals surface area contributed by atoms with Gasteiger partial charge in [0.1, 0.15) is 0 Å². The first kappa shape index (κ1) is 22.0. The highest BCUT2D eigenvalue weighted by Crippen LogP contribution is 2.30. The fourth-order valence-electron chi connectivity index (χ4n) is 2.51. The lowest BCUT2D eigenvalue weighted by molar-refractivity contribution is -0.146. The van der Waals surface area contributed by atoms with Gasteiger partial charge < -0.3 is 24.3 Å². The molecule has 0 radical (unpaired) electrons. The average molecular weight is 405 g/mol. The summed E-state index contributed by atoms with van der Waals surface area (Å²) in [5.41, 5.74) is 0.900. The van der Waals surface area contributed by atoms with Crippen LogP contribution in [0, 0.1) is 5.82 Å². The summed E-state index contributed by atoms with van der Waals surface area (Å²) in [6, 6.07) is 9.15. The molecule has 0 atom stereocenters. The van der Waals surface area contributed by atoms with Gasteiger partial charge in [0.05, 0.1) is 26.7 Å². The Labute approximate surface area is 168 Å². The number of amides is 1. The molecular weight excluding hydrogens is 381 g/mol. The lowest BCUT2D eigenvalue weighted by atomic mass is 10.1. The number of halogens is 1. The Bertz CT molecular complexity index is 855. The molecule has 1 N–H and O–H groups in total. The highest BCUT2D eigenvalue weighted by Gasteiger charge is 2.12. The van der Waals surface area contributed by atoms with E-state index in [1.54, 1.807) is 24.3 Å². The maximum absolute atomic E-state index is 13.7. The topological polar surface area (TPSA) is 83.1 Å². The van der Waals surface area contributed by atoms with Crippen molar-refractivity contribution in [2.45, 2.75) is 20.3 Å². The number of hydrogen-bond donors (Lipinski definition) is 1. The highest BCUT2D eigenvalue weighted by atomic mass is 19.1. The predicted molar refractivity (Wildman–Crippen MR) is 105 cm³/mol. The maximum atomic E-state index is 13.7. The van der Waals surface area contributed by atoms with Crippen LogP contribution in [0.25, 0.3) is 0 Å². The summed E-state index contributed by atoms with van der Waals surface area (Å²) in [6.45, 7) is 4.17. The van der Waals surface area contributed by atoms with E-state index in [-0.39, 0.29) is 12.2 Å².